The molecule has 1 aliphatic heterocycles. The number of nitrogens with zero attached hydrogens (tertiary/aromatic N) is 4. The predicted molar refractivity (Wildman–Crippen MR) is 105 cm³/mol. The summed E-state index contributed by atoms with van der Waals surface area (Å²) in [5.41, 5.74) is 3.06. The Kier molecular flexibility index (Phi) is 4.56. The van der Waals surface area contributed by atoms with Gasteiger partial charge in [0.2, 0.25) is 5.91 Å². The number of amides is 1. The first-order valence-corrected chi connectivity index (χ1v) is 9.59. The van der Waals surface area contributed by atoms with E-state index in [1.54, 1.807) is 0 Å². The summed E-state index contributed by atoms with van der Waals surface area (Å²) in [6.07, 6.45) is 5.25. The van der Waals surface area contributed by atoms with Crippen LogP contribution in [0.25, 0.3) is 5.69 Å². The van der Waals surface area contributed by atoms with E-state index in [9.17, 15) is 4.79 Å². The number of aromatic nitrogens is 4. The molecule has 0 aliphatic carbocycles. The zero-order valence-electron chi connectivity index (χ0n) is 16.0. The summed E-state index contributed by atoms with van der Waals surface area (Å²) in [6, 6.07) is 9.95. The lowest BCUT2D eigenvalue weighted by atomic mass is 9.88. The van der Waals surface area contributed by atoms with E-state index < -0.39 is 0 Å². The van der Waals surface area contributed by atoms with Gasteiger partial charge in [-0.2, -0.15) is 5.10 Å². The number of imidazole rings is 1. The summed E-state index contributed by atoms with van der Waals surface area (Å²) in [4.78, 5) is 17.2. The summed E-state index contributed by atoms with van der Waals surface area (Å²) >= 11 is 0. The summed E-state index contributed by atoms with van der Waals surface area (Å²) in [6.45, 7) is 7.33. The second-order valence-electron chi connectivity index (χ2n) is 7.33. The van der Waals surface area contributed by atoms with Crippen molar-refractivity contribution in [3.05, 3.63) is 59.8 Å². The van der Waals surface area contributed by atoms with Crippen molar-refractivity contribution in [2.24, 2.45) is 0 Å². The van der Waals surface area contributed by atoms with Gasteiger partial charge < -0.3 is 9.88 Å². The maximum absolute atomic E-state index is 12.6. The molecule has 0 saturated heterocycles. The minimum absolute atomic E-state index is 0.00550. The number of aryl methyl sites for hydroxylation is 1. The minimum atomic E-state index is -0.0786. The van der Waals surface area contributed by atoms with Crippen LogP contribution in [0.15, 0.2) is 42.7 Å². The Labute approximate surface area is 159 Å². The second kappa shape index (κ2) is 7.02. The molecule has 0 spiro atoms. The fourth-order valence-corrected chi connectivity index (χ4v) is 3.85. The first-order valence-electron chi connectivity index (χ1n) is 9.59. The molecule has 4 rings (SSSR count). The van der Waals surface area contributed by atoms with Crippen LogP contribution in [0.5, 0.6) is 0 Å². The van der Waals surface area contributed by atoms with Crippen molar-refractivity contribution in [1.82, 2.24) is 19.3 Å². The fourth-order valence-electron chi connectivity index (χ4n) is 3.85. The molecule has 1 atom stereocenters. The fraction of sp³-hybridized carbons (Fsp3) is 0.381. The molecular formula is C21H25N5O. The third-order valence-electron chi connectivity index (χ3n) is 5.02. The number of nitrogens with one attached hydrogen (secondary N) is 1. The van der Waals surface area contributed by atoms with Crippen molar-refractivity contribution >= 4 is 11.7 Å². The maximum atomic E-state index is 12.6. The average Bonchev–Trinajstić information content (AvgIpc) is 3.27. The van der Waals surface area contributed by atoms with Crippen LogP contribution in [0.2, 0.25) is 0 Å². The standard InChI is InChI=1S/C21H25N5O/c1-4-11-25-12-10-22-20(25)16-13-17(27)23-21-18(16)19(14(2)3)24-26(21)15-8-6-5-7-9-15/h5-10,12,14,16H,4,11,13H2,1-3H3,(H,23,27)/t16-/m1/s1. The van der Waals surface area contributed by atoms with Gasteiger partial charge >= 0.3 is 0 Å². The third-order valence-corrected chi connectivity index (χ3v) is 5.02. The topological polar surface area (TPSA) is 64.7 Å². The second-order valence-corrected chi connectivity index (χ2v) is 7.33. The average molecular weight is 363 g/mol. The number of fused-ring (bicyclic) bond motifs is 1. The van der Waals surface area contributed by atoms with Crippen LogP contribution >= 0.6 is 0 Å². The van der Waals surface area contributed by atoms with E-state index in [1.807, 2.05) is 47.4 Å². The Bertz CT molecular complexity index is 954. The molecule has 0 bridgehead atoms. The Hall–Kier alpha value is -2.89. The molecule has 0 fully saturated rings. The van der Waals surface area contributed by atoms with Gasteiger partial charge in [0.1, 0.15) is 11.6 Å². The number of hydrogen-bond acceptors (Lipinski definition) is 3. The highest BCUT2D eigenvalue weighted by Crippen LogP contribution is 2.42. The number of anilines is 1. The molecule has 1 aromatic carbocycles. The van der Waals surface area contributed by atoms with Crippen LogP contribution in [-0.4, -0.2) is 25.2 Å². The Morgan fingerprint density at radius 2 is 2.04 bits per heavy atom. The molecule has 140 valence electrons. The molecule has 6 heteroatoms. The number of carbonyl (C=O) groups is 1. The highest BCUT2D eigenvalue weighted by molar-refractivity contribution is 5.95. The molecule has 6 nitrogen and oxygen atoms in total. The van der Waals surface area contributed by atoms with Crippen LogP contribution in [-0.2, 0) is 11.3 Å². The van der Waals surface area contributed by atoms with Crippen LogP contribution in [0.4, 0.5) is 5.82 Å². The smallest absolute Gasteiger partial charge is 0.226 e. The molecule has 1 N–H and O–H groups in total. The van der Waals surface area contributed by atoms with Crippen LogP contribution in [0.1, 0.15) is 62.5 Å². The van der Waals surface area contributed by atoms with Gasteiger partial charge in [-0.3, -0.25) is 4.79 Å². The molecule has 27 heavy (non-hydrogen) atoms. The van der Waals surface area contributed by atoms with E-state index in [0.717, 1.165) is 41.6 Å². The van der Waals surface area contributed by atoms with Gasteiger partial charge in [-0.25, -0.2) is 9.67 Å². The zero-order chi connectivity index (χ0) is 19.0. The molecule has 0 radical (unpaired) electrons. The van der Waals surface area contributed by atoms with E-state index in [4.69, 9.17) is 5.10 Å². The summed E-state index contributed by atoms with van der Waals surface area (Å²) < 4.78 is 4.03. The van der Waals surface area contributed by atoms with Gasteiger partial charge in [-0.05, 0) is 24.5 Å². The van der Waals surface area contributed by atoms with Gasteiger partial charge in [0.05, 0.1) is 17.3 Å². The minimum Gasteiger partial charge on any atom is -0.334 e. The van der Waals surface area contributed by atoms with E-state index in [0.29, 0.717) is 6.42 Å². The maximum Gasteiger partial charge on any atom is 0.226 e. The van der Waals surface area contributed by atoms with Crippen molar-refractivity contribution in [2.75, 3.05) is 5.32 Å². The number of benzene rings is 1. The normalized spacial score (nSPS) is 16.4. The first kappa shape index (κ1) is 17.5. The molecule has 0 unspecified atom stereocenters. The molecule has 3 heterocycles. The largest absolute Gasteiger partial charge is 0.334 e. The predicted octanol–water partition coefficient (Wildman–Crippen LogP) is 4.08. The number of hydrogen-bond donors (Lipinski definition) is 1. The number of carbonyl (C=O) groups excluding carboxylic acids is 1. The van der Waals surface area contributed by atoms with Crippen LogP contribution in [0.3, 0.4) is 0 Å². The van der Waals surface area contributed by atoms with Crippen LogP contribution in [0, 0.1) is 0 Å². The zero-order valence-corrected chi connectivity index (χ0v) is 16.0. The molecular weight excluding hydrogens is 338 g/mol. The highest BCUT2D eigenvalue weighted by atomic mass is 16.1. The van der Waals surface area contributed by atoms with E-state index >= 15 is 0 Å². The summed E-state index contributed by atoms with van der Waals surface area (Å²) in [7, 11) is 0. The Morgan fingerprint density at radius 3 is 2.74 bits per heavy atom. The Balaban J connectivity index is 1.91. The molecule has 2 aromatic heterocycles. The van der Waals surface area contributed by atoms with Crippen molar-refractivity contribution in [1.29, 1.82) is 0 Å². The molecule has 0 saturated carbocycles. The molecule has 3 aromatic rings. The summed E-state index contributed by atoms with van der Waals surface area (Å²) in [5, 5.41) is 7.97. The van der Waals surface area contributed by atoms with Gasteiger partial charge in [0.25, 0.3) is 0 Å². The molecule has 1 aliphatic rings. The van der Waals surface area contributed by atoms with Gasteiger partial charge in [-0.1, -0.05) is 39.0 Å². The van der Waals surface area contributed by atoms with Gasteiger partial charge in [0, 0.05) is 30.9 Å². The van der Waals surface area contributed by atoms with Crippen LogP contribution < -0.4 is 5.32 Å². The number of para-hydroxylation sites is 1. The van der Waals surface area contributed by atoms with Crippen molar-refractivity contribution in [3.63, 3.8) is 0 Å². The number of rotatable bonds is 5. The van der Waals surface area contributed by atoms with Gasteiger partial charge in [-0.15, -0.1) is 0 Å². The van der Waals surface area contributed by atoms with E-state index in [-0.39, 0.29) is 17.7 Å². The highest BCUT2D eigenvalue weighted by Gasteiger charge is 2.36. The lowest BCUT2D eigenvalue weighted by Gasteiger charge is -2.25. The summed E-state index contributed by atoms with van der Waals surface area (Å²) in [5.74, 6) is 1.89. The molecule has 1 amide bonds. The third kappa shape index (κ3) is 3.05. The SMILES string of the molecule is CCCn1ccnc1[C@@H]1CC(=O)Nc2c1c(C(C)C)nn2-c1ccccc1. The van der Waals surface area contributed by atoms with E-state index in [2.05, 4.69) is 35.6 Å². The van der Waals surface area contributed by atoms with Crippen molar-refractivity contribution < 1.29 is 4.79 Å². The lowest BCUT2D eigenvalue weighted by molar-refractivity contribution is -0.116. The van der Waals surface area contributed by atoms with E-state index in [1.165, 1.54) is 0 Å². The van der Waals surface area contributed by atoms with Gasteiger partial charge in [0.15, 0.2) is 0 Å². The lowest BCUT2D eigenvalue weighted by Crippen LogP contribution is -2.26. The van der Waals surface area contributed by atoms with Crippen molar-refractivity contribution in [2.45, 2.75) is 52.0 Å². The van der Waals surface area contributed by atoms with Crippen molar-refractivity contribution in [3.8, 4) is 5.69 Å². The quantitative estimate of drug-likeness (QED) is 0.743. The monoisotopic (exact) mass is 363 g/mol. The first-order chi connectivity index (χ1) is 13.1. The Morgan fingerprint density at radius 1 is 1.26 bits per heavy atom.